The molecule has 0 aliphatic carbocycles. The van der Waals surface area contributed by atoms with E-state index in [1.165, 1.54) is 5.39 Å². The summed E-state index contributed by atoms with van der Waals surface area (Å²) in [5.41, 5.74) is 0.970. The van der Waals surface area contributed by atoms with Gasteiger partial charge in [-0.25, -0.2) is 9.59 Å². The maximum atomic E-state index is 9.10. The molecule has 106 valence electrons. The van der Waals surface area contributed by atoms with E-state index in [1.54, 1.807) is 6.20 Å². The average molecular weight is 321 g/mol. The zero-order valence-electron chi connectivity index (χ0n) is 9.95. The van der Waals surface area contributed by atoms with Crippen LogP contribution in [-0.2, 0) is 26.7 Å². The Kier molecular flexibility index (Phi) is 5.25. The summed E-state index contributed by atoms with van der Waals surface area (Å²) >= 11 is 0. The second kappa shape index (κ2) is 6.70. The van der Waals surface area contributed by atoms with E-state index in [1.807, 2.05) is 28.9 Å². The third kappa shape index (κ3) is 3.34. The first-order chi connectivity index (χ1) is 9.09. The van der Waals surface area contributed by atoms with E-state index < -0.39 is 11.9 Å². The number of imidazole rings is 1. The molecule has 0 fully saturated rings. The van der Waals surface area contributed by atoms with Crippen LogP contribution in [0.4, 0.5) is 0 Å². The van der Waals surface area contributed by atoms with Crippen molar-refractivity contribution in [2.45, 2.75) is 0 Å². The van der Waals surface area contributed by atoms with Gasteiger partial charge in [0.05, 0.1) is 5.65 Å². The molecule has 7 heteroatoms. The molecule has 0 unspecified atom stereocenters. The fraction of sp³-hybridized carbons (Fsp3) is 0. The molecule has 0 atom stereocenters. The predicted molar refractivity (Wildman–Crippen MR) is 66.8 cm³/mol. The van der Waals surface area contributed by atoms with Crippen LogP contribution in [0.15, 0.2) is 42.9 Å². The third-order valence-electron chi connectivity index (χ3n) is 2.38. The Balaban J connectivity index is 0.000000250. The number of hydrogen-bond acceptors (Lipinski definition) is 3. The third-order valence-corrected chi connectivity index (χ3v) is 2.38. The fourth-order valence-corrected chi connectivity index (χ4v) is 1.57. The molecule has 3 aromatic rings. The van der Waals surface area contributed by atoms with E-state index in [2.05, 4.69) is 23.2 Å². The van der Waals surface area contributed by atoms with Gasteiger partial charge in [0.25, 0.3) is 0 Å². The van der Waals surface area contributed by atoms with Gasteiger partial charge in [0.2, 0.25) is 0 Å². The standard InChI is InChI=1S/C11H7N2.C2H2O4.Cu/c1-2-4-10-9(3-1)5-7-13-8-6-12-11(10)13;3-1(4)2(5)6;/h1-3,5-8H;(H,3,4)(H,5,6);/q-1;;+1. The molecule has 1 aromatic carbocycles. The molecule has 0 aliphatic rings. The Morgan fingerprint density at radius 2 is 1.85 bits per heavy atom. The van der Waals surface area contributed by atoms with Gasteiger partial charge in [0.15, 0.2) is 0 Å². The molecule has 2 aromatic heterocycles. The number of rotatable bonds is 0. The molecule has 0 saturated carbocycles. The van der Waals surface area contributed by atoms with Gasteiger partial charge in [-0.15, -0.1) is 35.0 Å². The largest absolute Gasteiger partial charge is 1.00 e. The summed E-state index contributed by atoms with van der Waals surface area (Å²) in [6, 6.07) is 11.2. The van der Waals surface area contributed by atoms with Crippen LogP contribution in [0.5, 0.6) is 0 Å². The van der Waals surface area contributed by atoms with Crippen LogP contribution in [0.25, 0.3) is 16.4 Å². The molecular formula is C13H9CuN2O4. The van der Waals surface area contributed by atoms with E-state index >= 15 is 0 Å². The molecule has 6 nitrogen and oxygen atoms in total. The van der Waals surface area contributed by atoms with Crippen LogP contribution in [0.1, 0.15) is 0 Å². The van der Waals surface area contributed by atoms with Gasteiger partial charge < -0.3 is 14.6 Å². The summed E-state index contributed by atoms with van der Waals surface area (Å²) < 4.78 is 2.00. The zero-order valence-corrected chi connectivity index (χ0v) is 10.9. The van der Waals surface area contributed by atoms with Crippen LogP contribution in [0.2, 0.25) is 0 Å². The Labute approximate surface area is 124 Å². The van der Waals surface area contributed by atoms with Crippen molar-refractivity contribution < 1.29 is 36.9 Å². The number of nitrogens with zero attached hydrogens (tertiary/aromatic N) is 2. The maximum Gasteiger partial charge on any atom is 1.00 e. The number of pyridine rings is 1. The molecule has 0 aliphatic heterocycles. The Hall–Kier alpha value is -2.37. The van der Waals surface area contributed by atoms with Crippen molar-refractivity contribution >= 4 is 28.4 Å². The molecule has 2 N–H and O–H groups in total. The van der Waals surface area contributed by atoms with Gasteiger partial charge in [0.1, 0.15) is 0 Å². The summed E-state index contributed by atoms with van der Waals surface area (Å²) in [5, 5.41) is 17.0. The van der Waals surface area contributed by atoms with Crippen molar-refractivity contribution in [1.29, 1.82) is 0 Å². The second-order valence-corrected chi connectivity index (χ2v) is 3.58. The van der Waals surface area contributed by atoms with Crippen molar-refractivity contribution in [3.05, 3.63) is 48.9 Å². The van der Waals surface area contributed by atoms with E-state index in [9.17, 15) is 0 Å². The molecule has 2 heterocycles. The topological polar surface area (TPSA) is 91.9 Å². The van der Waals surface area contributed by atoms with Gasteiger partial charge in [-0.2, -0.15) is 0 Å². The first kappa shape index (κ1) is 15.7. The smallest absolute Gasteiger partial charge is 0.473 e. The molecule has 0 radical (unpaired) electrons. The first-order valence-corrected chi connectivity index (χ1v) is 5.28. The summed E-state index contributed by atoms with van der Waals surface area (Å²) in [6.45, 7) is 0. The molecular weight excluding hydrogens is 312 g/mol. The molecule has 0 bridgehead atoms. The number of hydrogen-bond donors (Lipinski definition) is 2. The first-order valence-electron chi connectivity index (χ1n) is 5.28. The second-order valence-electron chi connectivity index (χ2n) is 3.58. The minimum atomic E-state index is -1.82. The minimum absolute atomic E-state index is 0. The van der Waals surface area contributed by atoms with Crippen LogP contribution in [0, 0.1) is 6.07 Å². The fourth-order valence-electron chi connectivity index (χ4n) is 1.57. The van der Waals surface area contributed by atoms with Crippen LogP contribution >= 0.6 is 0 Å². The van der Waals surface area contributed by atoms with Gasteiger partial charge in [-0.3, -0.25) is 4.98 Å². The molecule has 20 heavy (non-hydrogen) atoms. The Morgan fingerprint density at radius 3 is 2.50 bits per heavy atom. The monoisotopic (exact) mass is 320 g/mol. The van der Waals surface area contributed by atoms with Crippen molar-refractivity contribution in [3.63, 3.8) is 0 Å². The Morgan fingerprint density at radius 1 is 1.15 bits per heavy atom. The summed E-state index contributed by atoms with van der Waals surface area (Å²) in [4.78, 5) is 22.5. The number of carboxylic acids is 2. The summed E-state index contributed by atoms with van der Waals surface area (Å²) in [6.07, 6.45) is 5.75. The van der Waals surface area contributed by atoms with Crippen molar-refractivity contribution in [1.82, 2.24) is 9.38 Å². The number of benzene rings is 1. The number of carbonyl (C=O) groups is 2. The van der Waals surface area contributed by atoms with Crippen LogP contribution in [-0.4, -0.2) is 31.5 Å². The zero-order chi connectivity index (χ0) is 13.8. The molecule has 0 spiro atoms. The minimum Gasteiger partial charge on any atom is -0.473 e. The summed E-state index contributed by atoms with van der Waals surface area (Å²) in [5.74, 6) is -3.65. The van der Waals surface area contributed by atoms with E-state index in [4.69, 9.17) is 19.8 Å². The predicted octanol–water partition coefficient (Wildman–Crippen LogP) is 1.44. The van der Waals surface area contributed by atoms with Crippen molar-refractivity contribution in [2.24, 2.45) is 0 Å². The van der Waals surface area contributed by atoms with Gasteiger partial charge in [0, 0.05) is 12.4 Å². The molecule has 0 amide bonds. The van der Waals surface area contributed by atoms with E-state index in [0.717, 1.165) is 11.0 Å². The molecule has 0 saturated heterocycles. The quantitative estimate of drug-likeness (QED) is 0.371. The van der Waals surface area contributed by atoms with E-state index in [0.29, 0.717) is 0 Å². The van der Waals surface area contributed by atoms with E-state index in [-0.39, 0.29) is 17.1 Å². The Bertz CT molecular complexity index is 742. The number of carboxylic acid groups (broad SMARTS) is 2. The molecule has 3 rings (SSSR count). The number of aliphatic carboxylic acids is 2. The van der Waals surface area contributed by atoms with Crippen LogP contribution in [0.3, 0.4) is 0 Å². The normalized spacial score (nSPS) is 9.40. The average Bonchev–Trinajstić information content (AvgIpc) is 2.88. The van der Waals surface area contributed by atoms with Gasteiger partial charge >= 0.3 is 29.0 Å². The SMILES string of the molecule is O=C(O)C(=O)O.[Cu+].[c-]1cccc2ccn3ccnc3c12. The van der Waals surface area contributed by atoms with Crippen molar-refractivity contribution in [2.75, 3.05) is 0 Å². The van der Waals surface area contributed by atoms with Crippen molar-refractivity contribution in [3.8, 4) is 0 Å². The summed E-state index contributed by atoms with van der Waals surface area (Å²) in [7, 11) is 0. The maximum absolute atomic E-state index is 9.10. The van der Waals surface area contributed by atoms with Gasteiger partial charge in [-0.05, 0) is 6.20 Å². The van der Waals surface area contributed by atoms with Gasteiger partial charge in [-0.1, -0.05) is 6.07 Å². The number of fused-ring (bicyclic) bond motifs is 3. The number of aromatic nitrogens is 2. The van der Waals surface area contributed by atoms with Crippen LogP contribution < -0.4 is 0 Å².